The first-order valence-electron chi connectivity index (χ1n) is 6.72. The molecule has 21 heavy (non-hydrogen) atoms. The molecule has 0 aliphatic heterocycles. The van der Waals surface area contributed by atoms with Crippen LogP contribution in [0.15, 0.2) is 48.1 Å². The van der Waals surface area contributed by atoms with Gasteiger partial charge in [0.1, 0.15) is 0 Å². The summed E-state index contributed by atoms with van der Waals surface area (Å²) in [6, 6.07) is 10.5. The SMILES string of the molecule is CC(C)OC(CCC1=[C-]CC=C1)c1ccccc1.[Cl-].[Cl-].[Ti+3]. The number of hydrogen-bond donors (Lipinski definition) is 0. The van der Waals surface area contributed by atoms with Crippen molar-refractivity contribution in [2.45, 2.75) is 45.3 Å². The van der Waals surface area contributed by atoms with Crippen LogP contribution in [0, 0.1) is 6.08 Å². The molecule has 1 atom stereocenters. The zero-order chi connectivity index (χ0) is 12.8. The molecule has 1 radical (unpaired) electrons. The van der Waals surface area contributed by atoms with Gasteiger partial charge in [0.05, 0.1) is 12.2 Å². The Labute approximate surface area is 155 Å². The topological polar surface area (TPSA) is 9.23 Å². The van der Waals surface area contributed by atoms with Gasteiger partial charge in [-0.2, -0.15) is 6.08 Å². The van der Waals surface area contributed by atoms with Gasteiger partial charge in [0, 0.05) is 0 Å². The Morgan fingerprint density at radius 2 is 1.81 bits per heavy atom. The molecule has 4 heteroatoms. The van der Waals surface area contributed by atoms with Gasteiger partial charge in [0.15, 0.2) is 0 Å². The van der Waals surface area contributed by atoms with E-state index in [1.807, 2.05) is 6.07 Å². The van der Waals surface area contributed by atoms with E-state index in [9.17, 15) is 0 Å². The van der Waals surface area contributed by atoms with Gasteiger partial charge < -0.3 is 29.6 Å². The Balaban J connectivity index is 0. The minimum absolute atomic E-state index is 0. The van der Waals surface area contributed by atoms with E-state index in [0.717, 1.165) is 19.3 Å². The molecule has 1 nitrogen and oxygen atoms in total. The van der Waals surface area contributed by atoms with Crippen molar-refractivity contribution in [1.29, 1.82) is 0 Å². The standard InChI is InChI=1S/C17H21O.2ClH.Ti/c1-14(2)18-17(16-10-4-3-5-11-16)13-12-15-8-6-7-9-15;;;/h3-6,8,10-11,14,17H,7,12-13H2,1-2H3;2*1H;/q-1;;;+3/p-2. The van der Waals surface area contributed by atoms with Crippen molar-refractivity contribution >= 4 is 0 Å². The van der Waals surface area contributed by atoms with E-state index in [1.165, 1.54) is 11.1 Å². The molecule has 2 rings (SSSR count). The second-order valence-electron chi connectivity index (χ2n) is 4.93. The first-order chi connectivity index (χ1) is 8.75. The molecule has 1 aliphatic carbocycles. The molecule has 0 spiro atoms. The van der Waals surface area contributed by atoms with Gasteiger partial charge >= 0.3 is 21.7 Å². The van der Waals surface area contributed by atoms with E-state index in [-0.39, 0.29) is 58.7 Å². The molecule has 0 saturated heterocycles. The molecule has 0 amide bonds. The third kappa shape index (κ3) is 8.23. The molecular formula is C17H21Cl2OTi. The largest absolute Gasteiger partial charge is 3.00 e. The number of allylic oxidation sites excluding steroid dienone is 4. The summed E-state index contributed by atoms with van der Waals surface area (Å²) >= 11 is 0. The summed E-state index contributed by atoms with van der Waals surface area (Å²) in [5.41, 5.74) is 2.59. The molecule has 113 valence electrons. The van der Waals surface area contributed by atoms with E-state index in [0.29, 0.717) is 0 Å². The van der Waals surface area contributed by atoms with Gasteiger partial charge in [-0.25, -0.2) is 11.6 Å². The van der Waals surface area contributed by atoms with Crippen LogP contribution in [-0.4, -0.2) is 6.10 Å². The van der Waals surface area contributed by atoms with Crippen LogP contribution < -0.4 is 24.8 Å². The molecule has 0 fully saturated rings. The van der Waals surface area contributed by atoms with Crippen LogP contribution >= 0.6 is 0 Å². The van der Waals surface area contributed by atoms with Crippen LogP contribution in [0.4, 0.5) is 0 Å². The Bertz CT molecular complexity index is 430. The summed E-state index contributed by atoms with van der Waals surface area (Å²) in [4.78, 5) is 0. The predicted molar refractivity (Wildman–Crippen MR) is 75.2 cm³/mol. The molecule has 0 bridgehead atoms. The molecule has 1 aromatic rings. The molecule has 0 N–H and O–H groups in total. The third-order valence-electron chi connectivity index (χ3n) is 3.05. The Hall–Kier alpha value is -0.0457. The van der Waals surface area contributed by atoms with Crippen LogP contribution in [0.1, 0.15) is 44.8 Å². The fraction of sp³-hybridized carbons (Fsp3) is 0.412. The Morgan fingerprint density at radius 1 is 1.14 bits per heavy atom. The number of benzene rings is 1. The van der Waals surface area contributed by atoms with Crippen LogP contribution in [0.25, 0.3) is 0 Å². The summed E-state index contributed by atoms with van der Waals surface area (Å²) in [7, 11) is 0. The van der Waals surface area contributed by atoms with Crippen molar-refractivity contribution in [2.24, 2.45) is 0 Å². The van der Waals surface area contributed by atoms with Gasteiger partial charge in [-0.1, -0.05) is 36.8 Å². The molecule has 0 heterocycles. The molecule has 1 unspecified atom stereocenters. The van der Waals surface area contributed by atoms with Crippen LogP contribution in [-0.2, 0) is 26.5 Å². The predicted octanol–water partition coefficient (Wildman–Crippen LogP) is -1.37. The van der Waals surface area contributed by atoms with Gasteiger partial charge in [-0.15, -0.1) is 6.42 Å². The maximum absolute atomic E-state index is 6.03. The van der Waals surface area contributed by atoms with Crippen LogP contribution in [0.3, 0.4) is 0 Å². The number of ether oxygens (including phenoxy) is 1. The van der Waals surface area contributed by atoms with Gasteiger partial charge in [-0.05, 0) is 25.8 Å². The normalized spacial score (nSPS) is 13.8. The Morgan fingerprint density at radius 3 is 2.33 bits per heavy atom. The zero-order valence-electron chi connectivity index (χ0n) is 12.5. The average molecular weight is 360 g/mol. The quantitative estimate of drug-likeness (QED) is 0.450. The van der Waals surface area contributed by atoms with Crippen molar-refractivity contribution in [3.63, 3.8) is 0 Å². The average Bonchev–Trinajstić information content (AvgIpc) is 2.88. The maximum atomic E-state index is 6.03. The first kappa shape index (κ1) is 23.2. The van der Waals surface area contributed by atoms with Crippen LogP contribution in [0.5, 0.6) is 0 Å². The zero-order valence-corrected chi connectivity index (χ0v) is 15.6. The Kier molecular flexibility index (Phi) is 13.8. The maximum Gasteiger partial charge on any atom is 3.00 e. The van der Waals surface area contributed by atoms with Gasteiger partial charge in [0.2, 0.25) is 0 Å². The van der Waals surface area contributed by atoms with E-state index >= 15 is 0 Å². The van der Waals surface area contributed by atoms with E-state index in [4.69, 9.17) is 4.74 Å². The number of rotatable bonds is 6. The van der Waals surface area contributed by atoms with Crippen molar-refractivity contribution in [2.75, 3.05) is 0 Å². The van der Waals surface area contributed by atoms with Gasteiger partial charge in [0.25, 0.3) is 0 Å². The van der Waals surface area contributed by atoms with E-state index in [2.05, 4.69) is 56.3 Å². The second-order valence-corrected chi connectivity index (χ2v) is 4.93. The smallest absolute Gasteiger partial charge is 1.00 e. The minimum atomic E-state index is 0. The summed E-state index contributed by atoms with van der Waals surface area (Å²) in [6.45, 7) is 4.19. The van der Waals surface area contributed by atoms with Gasteiger partial charge in [-0.3, -0.25) is 6.08 Å². The fourth-order valence-electron chi connectivity index (χ4n) is 2.22. The van der Waals surface area contributed by atoms with Crippen molar-refractivity contribution in [3.8, 4) is 0 Å². The number of halogens is 2. The molecule has 0 saturated carbocycles. The first-order valence-corrected chi connectivity index (χ1v) is 6.72. The summed E-state index contributed by atoms with van der Waals surface area (Å²) in [5.74, 6) is 0. The van der Waals surface area contributed by atoms with Crippen molar-refractivity contribution in [3.05, 3.63) is 59.7 Å². The second kappa shape index (κ2) is 12.5. The van der Waals surface area contributed by atoms with Crippen molar-refractivity contribution in [1.82, 2.24) is 0 Å². The molecule has 1 aromatic carbocycles. The fourth-order valence-corrected chi connectivity index (χ4v) is 2.22. The van der Waals surface area contributed by atoms with E-state index < -0.39 is 0 Å². The number of hydrogen-bond acceptors (Lipinski definition) is 1. The minimum Gasteiger partial charge on any atom is -1.00 e. The summed E-state index contributed by atoms with van der Waals surface area (Å²) in [6.07, 6.45) is 11.2. The van der Waals surface area contributed by atoms with Crippen LogP contribution in [0.2, 0.25) is 0 Å². The van der Waals surface area contributed by atoms with E-state index in [1.54, 1.807) is 0 Å². The molecule has 0 aromatic heterocycles. The third-order valence-corrected chi connectivity index (χ3v) is 3.05. The molecule has 1 aliphatic rings. The van der Waals surface area contributed by atoms with Crippen molar-refractivity contribution < 1.29 is 51.3 Å². The summed E-state index contributed by atoms with van der Waals surface area (Å²) in [5, 5.41) is 0. The monoisotopic (exact) mass is 359 g/mol. The summed E-state index contributed by atoms with van der Waals surface area (Å²) < 4.78 is 6.03. The molecular weight excluding hydrogens is 339 g/mol.